The van der Waals surface area contributed by atoms with Gasteiger partial charge in [-0.3, -0.25) is 10.1 Å². The lowest BCUT2D eigenvalue weighted by molar-refractivity contribution is -0.384. The van der Waals surface area contributed by atoms with Gasteiger partial charge in [-0.1, -0.05) is 17.7 Å². The van der Waals surface area contributed by atoms with Crippen molar-refractivity contribution in [2.24, 2.45) is 5.73 Å². The summed E-state index contributed by atoms with van der Waals surface area (Å²) in [6.07, 6.45) is 0. The zero-order valence-corrected chi connectivity index (χ0v) is 13.5. The van der Waals surface area contributed by atoms with Crippen LogP contribution in [-0.2, 0) is 9.84 Å². The van der Waals surface area contributed by atoms with Crippen LogP contribution >= 0.6 is 0 Å². The Labute approximate surface area is 138 Å². The molecule has 126 valence electrons. The number of rotatable bonds is 5. The summed E-state index contributed by atoms with van der Waals surface area (Å²) in [6.45, 7) is 1.81. The smallest absolute Gasteiger partial charge is 0.313 e. The Morgan fingerprint density at radius 2 is 1.67 bits per heavy atom. The molecule has 0 saturated carbocycles. The number of primary amides is 1. The van der Waals surface area contributed by atoms with Crippen LogP contribution in [-0.4, -0.2) is 19.4 Å². The fraction of sp³-hybridized carbons (Fsp3) is 0.133. The summed E-state index contributed by atoms with van der Waals surface area (Å²) in [6, 6.07) is 9.94. The molecule has 0 saturated heterocycles. The third kappa shape index (κ3) is 3.69. The topological polar surface area (TPSA) is 132 Å². The highest BCUT2D eigenvalue weighted by Gasteiger charge is 2.30. The number of carbonyl (C=O) groups is 1. The van der Waals surface area contributed by atoms with E-state index in [-0.39, 0.29) is 16.1 Å². The highest BCUT2D eigenvalue weighted by molar-refractivity contribution is 7.91. The van der Waals surface area contributed by atoms with Gasteiger partial charge in [0.15, 0.2) is 5.37 Å². The highest BCUT2D eigenvalue weighted by Crippen LogP contribution is 2.28. The van der Waals surface area contributed by atoms with E-state index in [1.54, 1.807) is 12.1 Å². The number of urea groups is 1. The molecule has 1 atom stereocenters. The van der Waals surface area contributed by atoms with Crippen LogP contribution in [0.2, 0.25) is 0 Å². The van der Waals surface area contributed by atoms with Crippen molar-refractivity contribution in [1.82, 2.24) is 5.32 Å². The fourth-order valence-corrected chi connectivity index (χ4v) is 3.68. The number of sulfone groups is 1. The molecule has 3 N–H and O–H groups in total. The number of carbonyl (C=O) groups excluding carboxylic acids is 1. The van der Waals surface area contributed by atoms with Gasteiger partial charge in [0.25, 0.3) is 5.69 Å². The van der Waals surface area contributed by atoms with Crippen LogP contribution in [0.4, 0.5) is 10.5 Å². The zero-order chi connectivity index (χ0) is 17.9. The van der Waals surface area contributed by atoms with Crippen LogP contribution in [0, 0.1) is 17.0 Å². The molecule has 0 aliphatic rings. The average Bonchev–Trinajstić information content (AvgIpc) is 2.53. The normalized spacial score (nSPS) is 12.4. The molecule has 0 spiro atoms. The van der Waals surface area contributed by atoms with E-state index >= 15 is 0 Å². The number of nitro groups is 1. The van der Waals surface area contributed by atoms with Gasteiger partial charge in [-0.25, -0.2) is 13.2 Å². The van der Waals surface area contributed by atoms with Crippen molar-refractivity contribution in [3.63, 3.8) is 0 Å². The molecule has 0 aromatic heterocycles. The maximum absolute atomic E-state index is 12.8. The van der Waals surface area contributed by atoms with Crippen LogP contribution in [0.1, 0.15) is 16.5 Å². The fourth-order valence-electron chi connectivity index (χ4n) is 2.10. The Morgan fingerprint density at radius 1 is 1.12 bits per heavy atom. The number of nitrogens with two attached hydrogens (primary N) is 1. The van der Waals surface area contributed by atoms with Crippen molar-refractivity contribution >= 4 is 21.6 Å². The Balaban J connectivity index is 2.49. The summed E-state index contributed by atoms with van der Waals surface area (Å²) in [5.74, 6) is 0. The Kier molecular flexibility index (Phi) is 4.84. The standard InChI is InChI=1S/C15H15N3O5S/c1-10-2-8-13(9-3-10)24(22,23)14(17-15(16)19)11-4-6-12(7-5-11)18(20)21/h2-9,14H,1H3,(H3,16,17,19). The number of amides is 2. The second-order valence-corrected chi connectivity index (χ2v) is 7.13. The molecule has 1 unspecified atom stereocenters. The molecule has 0 aliphatic heterocycles. The molecule has 2 rings (SSSR count). The highest BCUT2D eigenvalue weighted by atomic mass is 32.2. The van der Waals surface area contributed by atoms with Crippen LogP contribution in [0.5, 0.6) is 0 Å². The first-order valence-corrected chi connectivity index (χ1v) is 8.37. The molecule has 0 heterocycles. The monoisotopic (exact) mass is 349 g/mol. The second-order valence-electron chi connectivity index (χ2n) is 5.10. The van der Waals surface area contributed by atoms with Gasteiger partial charge >= 0.3 is 6.03 Å². The summed E-state index contributed by atoms with van der Waals surface area (Å²) in [5, 5.41) is 11.4. The molecule has 9 heteroatoms. The van der Waals surface area contributed by atoms with E-state index in [2.05, 4.69) is 5.32 Å². The molecule has 0 aliphatic carbocycles. The first-order valence-electron chi connectivity index (χ1n) is 6.82. The van der Waals surface area contributed by atoms with Gasteiger partial charge in [0.1, 0.15) is 0 Å². The van der Waals surface area contributed by atoms with Crippen LogP contribution in [0.15, 0.2) is 53.4 Å². The maximum atomic E-state index is 12.8. The Bertz CT molecular complexity index is 861. The summed E-state index contributed by atoms with van der Waals surface area (Å²) >= 11 is 0. The van der Waals surface area contributed by atoms with Crippen molar-refractivity contribution in [2.75, 3.05) is 0 Å². The Morgan fingerprint density at radius 3 is 2.12 bits per heavy atom. The van der Waals surface area contributed by atoms with Gasteiger partial charge in [0.05, 0.1) is 9.82 Å². The minimum absolute atomic E-state index is 0.00482. The largest absolute Gasteiger partial charge is 0.352 e. The summed E-state index contributed by atoms with van der Waals surface area (Å²) < 4.78 is 25.6. The lowest BCUT2D eigenvalue weighted by Gasteiger charge is -2.18. The molecule has 0 radical (unpaired) electrons. The van der Waals surface area contributed by atoms with Crippen molar-refractivity contribution in [3.8, 4) is 0 Å². The van der Waals surface area contributed by atoms with Crippen LogP contribution in [0.3, 0.4) is 0 Å². The molecule has 2 amide bonds. The van der Waals surface area contributed by atoms with E-state index in [1.165, 1.54) is 24.3 Å². The van der Waals surface area contributed by atoms with Crippen molar-refractivity contribution in [3.05, 3.63) is 69.8 Å². The van der Waals surface area contributed by atoms with E-state index in [0.29, 0.717) is 0 Å². The number of benzene rings is 2. The number of hydrogen-bond acceptors (Lipinski definition) is 5. The molecule has 0 bridgehead atoms. The number of hydrogen-bond donors (Lipinski definition) is 2. The van der Waals surface area contributed by atoms with Gasteiger partial charge < -0.3 is 11.1 Å². The lowest BCUT2D eigenvalue weighted by Crippen LogP contribution is -2.37. The molecular formula is C15H15N3O5S. The molecule has 0 fully saturated rings. The minimum atomic E-state index is -3.98. The van der Waals surface area contributed by atoms with Gasteiger partial charge in [-0.05, 0) is 36.8 Å². The Hall–Kier alpha value is -2.94. The molecule has 2 aromatic rings. The van der Waals surface area contributed by atoms with Crippen molar-refractivity contribution in [1.29, 1.82) is 0 Å². The third-order valence-corrected chi connectivity index (χ3v) is 5.28. The van der Waals surface area contributed by atoms with E-state index < -0.39 is 26.2 Å². The van der Waals surface area contributed by atoms with Gasteiger partial charge in [0, 0.05) is 12.1 Å². The molecule has 24 heavy (non-hydrogen) atoms. The van der Waals surface area contributed by atoms with Crippen molar-refractivity contribution in [2.45, 2.75) is 17.2 Å². The molecule has 8 nitrogen and oxygen atoms in total. The van der Waals surface area contributed by atoms with E-state index in [4.69, 9.17) is 5.73 Å². The minimum Gasteiger partial charge on any atom is -0.352 e. The quantitative estimate of drug-likeness (QED) is 0.629. The van der Waals surface area contributed by atoms with E-state index in [9.17, 15) is 23.3 Å². The molecule has 2 aromatic carbocycles. The number of nitrogens with one attached hydrogen (secondary N) is 1. The van der Waals surface area contributed by atoms with E-state index in [0.717, 1.165) is 17.7 Å². The van der Waals surface area contributed by atoms with Crippen LogP contribution < -0.4 is 11.1 Å². The number of non-ortho nitro benzene ring substituents is 1. The lowest BCUT2D eigenvalue weighted by atomic mass is 10.2. The maximum Gasteiger partial charge on any atom is 0.313 e. The van der Waals surface area contributed by atoms with Gasteiger partial charge in [-0.2, -0.15) is 0 Å². The number of aryl methyl sites for hydroxylation is 1. The number of nitrogens with zero attached hydrogens (tertiary/aromatic N) is 1. The average molecular weight is 349 g/mol. The second kappa shape index (κ2) is 6.67. The van der Waals surface area contributed by atoms with Crippen molar-refractivity contribution < 1.29 is 18.1 Å². The van der Waals surface area contributed by atoms with Crippen LogP contribution in [0.25, 0.3) is 0 Å². The number of nitro benzene ring substituents is 1. The zero-order valence-electron chi connectivity index (χ0n) is 12.7. The summed E-state index contributed by atoms with van der Waals surface area (Å²) in [4.78, 5) is 21.3. The summed E-state index contributed by atoms with van der Waals surface area (Å²) in [5.41, 5.74) is 5.94. The first kappa shape index (κ1) is 17.4. The van der Waals surface area contributed by atoms with E-state index in [1.807, 2.05) is 6.92 Å². The SMILES string of the molecule is Cc1ccc(S(=O)(=O)C(NC(N)=O)c2ccc([N+](=O)[O-])cc2)cc1. The first-order chi connectivity index (χ1) is 11.2. The van der Waals surface area contributed by atoms with Gasteiger partial charge in [0.2, 0.25) is 9.84 Å². The predicted octanol–water partition coefficient (Wildman–Crippen LogP) is 2.04. The van der Waals surface area contributed by atoms with Gasteiger partial charge in [-0.15, -0.1) is 0 Å². The third-order valence-electron chi connectivity index (χ3n) is 3.34. The molecular weight excluding hydrogens is 334 g/mol. The predicted molar refractivity (Wildman–Crippen MR) is 86.9 cm³/mol. The summed E-state index contributed by atoms with van der Waals surface area (Å²) in [7, 11) is -3.98.